The molecule has 0 saturated heterocycles. The van der Waals surface area contributed by atoms with Gasteiger partial charge in [-0.15, -0.1) is 0 Å². The molecule has 0 radical (unpaired) electrons. The lowest BCUT2D eigenvalue weighted by molar-refractivity contribution is -0.137. The van der Waals surface area contributed by atoms with Crippen LogP contribution in [0.15, 0.2) is 28.8 Å². The van der Waals surface area contributed by atoms with E-state index in [0.717, 1.165) is 25.0 Å². The number of amides is 1. The van der Waals surface area contributed by atoms with Gasteiger partial charge in [-0.2, -0.15) is 18.2 Å². The SMILES string of the molecule is CN(CCc1noc(C2CC2)n1)C(=O)c1cccc(C(F)(F)F)c1. The van der Waals surface area contributed by atoms with Crippen molar-refractivity contribution in [2.75, 3.05) is 13.6 Å². The minimum Gasteiger partial charge on any atom is -0.341 e. The van der Waals surface area contributed by atoms with E-state index >= 15 is 0 Å². The molecule has 0 atom stereocenters. The van der Waals surface area contributed by atoms with E-state index in [-0.39, 0.29) is 5.56 Å². The number of halogens is 3. The predicted octanol–water partition coefficient (Wildman–Crippen LogP) is 3.28. The zero-order valence-electron chi connectivity index (χ0n) is 13.0. The summed E-state index contributed by atoms with van der Waals surface area (Å²) >= 11 is 0. The van der Waals surface area contributed by atoms with Gasteiger partial charge in [-0.05, 0) is 31.0 Å². The highest BCUT2D eigenvalue weighted by molar-refractivity contribution is 5.94. The Morgan fingerprint density at radius 3 is 2.79 bits per heavy atom. The summed E-state index contributed by atoms with van der Waals surface area (Å²) < 4.78 is 43.3. The van der Waals surface area contributed by atoms with Crippen molar-refractivity contribution in [3.8, 4) is 0 Å². The van der Waals surface area contributed by atoms with Gasteiger partial charge in [0.05, 0.1) is 5.56 Å². The van der Waals surface area contributed by atoms with E-state index in [1.807, 2.05) is 0 Å². The predicted molar refractivity (Wildman–Crippen MR) is 78.4 cm³/mol. The Balaban J connectivity index is 1.61. The summed E-state index contributed by atoms with van der Waals surface area (Å²) in [6.45, 7) is 0.290. The Labute approximate surface area is 136 Å². The van der Waals surface area contributed by atoms with Crippen molar-refractivity contribution in [3.63, 3.8) is 0 Å². The van der Waals surface area contributed by atoms with Crippen LogP contribution >= 0.6 is 0 Å². The van der Waals surface area contributed by atoms with Gasteiger partial charge in [0.15, 0.2) is 5.82 Å². The first-order valence-electron chi connectivity index (χ1n) is 7.60. The highest BCUT2D eigenvalue weighted by Gasteiger charge is 2.31. The minimum absolute atomic E-state index is 0.000827. The van der Waals surface area contributed by atoms with Gasteiger partial charge in [-0.25, -0.2) is 0 Å². The van der Waals surface area contributed by atoms with Gasteiger partial charge in [0.25, 0.3) is 5.91 Å². The average molecular weight is 339 g/mol. The average Bonchev–Trinajstić information content (AvgIpc) is 3.30. The summed E-state index contributed by atoms with van der Waals surface area (Å²) in [7, 11) is 1.53. The lowest BCUT2D eigenvalue weighted by Crippen LogP contribution is -2.29. The summed E-state index contributed by atoms with van der Waals surface area (Å²) in [6.07, 6.45) is -1.98. The molecule has 1 saturated carbocycles. The number of likely N-dealkylation sites (N-methyl/N-ethyl adjacent to an activating group) is 1. The van der Waals surface area contributed by atoms with Gasteiger partial charge < -0.3 is 9.42 Å². The molecule has 1 aliphatic carbocycles. The van der Waals surface area contributed by atoms with Crippen molar-refractivity contribution in [2.45, 2.75) is 31.4 Å². The Morgan fingerprint density at radius 1 is 1.38 bits per heavy atom. The van der Waals surface area contributed by atoms with Crippen LogP contribution in [0.2, 0.25) is 0 Å². The molecule has 1 aromatic heterocycles. The second kappa shape index (κ2) is 6.26. The zero-order valence-corrected chi connectivity index (χ0v) is 13.0. The van der Waals surface area contributed by atoms with E-state index in [1.165, 1.54) is 24.1 Å². The molecular weight excluding hydrogens is 323 g/mol. The minimum atomic E-state index is -4.47. The van der Waals surface area contributed by atoms with Crippen molar-refractivity contribution in [1.82, 2.24) is 15.0 Å². The van der Waals surface area contributed by atoms with E-state index in [0.29, 0.717) is 30.6 Å². The molecule has 0 unspecified atom stereocenters. The maximum Gasteiger partial charge on any atom is 0.416 e. The van der Waals surface area contributed by atoms with Crippen LogP contribution in [0.4, 0.5) is 13.2 Å². The van der Waals surface area contributed by atoms with Gasteiger partial charge in [0, 0.05) is 31.5 Å². The monoisotopic (exact) mass is 339 g/mol. The molecular formula is C16H16F3N3O2. The number of hydrogen-bond donors (Lipinski definition) is 0. The highest BCUT2D eigenvalue weighted by atomic mass is 19.4. The number of nitrogens with zero attached hydrogens (tertiary/aromatic N) is 3. The van der Waals surface area contributed by atoms with Gasteiger partial charge >= 0.3 is 6.18 Å². The molecule has 2 aromatic rings. The van der Waals surface area contributed by atoms with Crippen molar-refractivity contribution >= 4 is 5.91 Å². The molecule has 0 spiro atoms. The largest absolute Gasteiger partial charge is 0.416 e. The third-order valence-corrected chi connectivity index (χ3v) is 3.86. The third kappa shape index (κ3) is 3.74. The van der Waals surface area contributed by atoms with Crippen molar-refractivity contribution in [2.24, 2.45) is 0 Å². The number of hydrogen-bond acceptors (Lipinski definition) is 4. The van der Waals surface area contributed by atoms with Gasteiger partial charge in [-0.3, -0.25) is 4.79 Å². The first kappa shape index (κ1) is 16.5. The van der Waals surface area contributed by atoms with Crippen LogP contribution in [0.1, 0.15) is 46.4 Å². The maximum absolute atomic E-state index is 12.7. The van der Waals surface area contributed by atoms with E-state index in [1.54, 1.807) is 0 Å². The number of aromatic nitrogens is 2. The van der Waals surface area contributed by atoms with Gasteiger partial charge in [0.1, 0.15) is 0 Å². The molecule has 0 aliphatic heterocycles. The van der Waals surface area contributed by atoms with Crippen molar-refractivity contribution < 1.29 is 22.5 Å². The molecule has 1 heterocycles. The Kier molecular flexibility index (Phi) is 4.29. The molecule has 8 heteroatoms. The molecule has 1 amide bonds. The van der Waals surface area contributed by atoms with Crippen LogP contribution in [-0.2, 0) is 12.6 Å². The third-order valence-electron chi connectivity index (χ3n) is 3.86. The van der Waals surface area contributed by atoms with E-state index in [4.69, 9.17) is 4.52 Å². The smallest absolute Gasteiger partial charge is 0.341 e. The topological polar surface area (TPSA) is 59.2 Å². The molecule has 5 nitrogen and oxygen atoms in total. The quantitative estimate of drug-likeness (QED) is 0.839. The maximum atomic E-state index is 12.7. The summed E-state index contributed by atoms with van der Waals surface area (Å²) in [5, 5.41) is 3.86. The standard InChI is InChI=1S/C16H16F3N3O2/c1-22(8-7-13-20-14(24-21-13)10-5-6-10)15(23)11-3-2-4-12(9-11)16(17,18)19/h2-4,9-10H,5-8H2,1H3. The van der Waals surface area contributed by atoms with Crippen LogP contribution in [0, 0.1) is 0 Å². The lowest BCUT2D eigenvalue weighted by atomic mass is 10.1. The van der Waals surface area contributed by atoms with E-state index < -0.39 is 17.6 Å². The summed E-state index contributed by atoms with van der Waals surface area (Å²) in [6, 6.07) is 4.40. The summed E-state index contributed by atoms with van der Waals surface area (Å²) in [5.41, 5.74) is -0.840. The molecule has 128 valence electrons. The van der Waals surface area contributed by atoms with E-state index in [2.05, 4.69) is 10.1 Å². The fourth-order valence-corrected chi connectivity index (χ4v) is 2.28. The number of rotatable bonds is 5. The fraction of sp³-hybridized carbons (Fsp3) is 0.438. The second-order valence-corrected chi connectivity index (χ2v) is 5.88. The number of alkyl halides is 3. The van der Waals surface area contributed by atoms with Crippen molar-refractivity contribution in [3.05, 3.63) is 47.1 Å². The summed E-state index contributed by atoms with van der Waals surface area (Å²) in [4.78, 5) is 17.9. The van der Waals surface area contributed by atoms with Gasteiger partial charge in [-0.1, -0.05) is 11.2 Å². The Bertz CT molecular complexity index is 738. The zero-order chi connectivity index (χ0) is 17.3. The molecule has 1 aliphatic rings. The van der Waals surface area contributed by atoms with Crippen LogP contribution in [0.25, 0.3) is 0 Å². The number of carbonyl (C=O) groups is 1. The number of carbonyl (C=O) groups excluding carboxylic acids is 1. The summed E-state index contributed by atoms with van der Waals surface area (Å²) in [5.74, 6) is 1.00. The first-order chi connectivity index (χ1) is 11.3. The Hall–Kier alpha value is -2.38. The van der Waals surface area contributed by atoms with Crippen LogP contribution in [0.5, 0.6) is 0 Å². The van der Waals surface area contributed by atoms with Crippen LogP contribution in [-0.4, -0.2) is 34.5 Å². The van der Waals surface area contributed by atoms with Gasteiger partial charge in [0.2, 0.25) is 5.89 Å². The number of benzene rings is 1. The molecule has 0 bridgehead atoms. The fourth-order valence-electron chi connectivity index (χ4n) is 2.28. The first-order valence-corrected chi connectivity index (χ1v) is 7.60. The van der Waals surface area contributed by atoms with Crippen molar-refractivity contribution in [1.29, 1.82) is 0 Å². The van der Waals surface area contributed by atoms with Crippen LogP contribution in [0.3, 0.4) is 0 Å². The second-order valence-electron chi connectivity index (χ2n) is 5.88. The molecule has 1 aromatic carbocycles. The Morgan fingerprint density at radius 2 is 2.12 bits per heavy atom. The molecule has 1 fully saturated rings. The molecule has 24 heavy (non-hydrogen) atoms. The lowest BCUT2D eigenvalue weighted by Gasteiger charge is -2.17. The van der Waals surface area contributed by atoms with E-state index in [9.17, 15) is 18.0 Å². The molecule has 0 N–H and O–H groups in total. The van der Waals surface area contributed by atoms with Crippen LogP contribution < -0.4 is 0 Å². The normalized spacial score (nSPS) is 14.7. The highest BCUT2D eigenvalue weighted by Crippen LogP contribution is 2.38. The molecule has 3 rings (SSSR count).